The van der Waals surface area contributed by atoms with Crippen molar-refractivity contribution in [2.24, 2.45) is 0 Å². The Hall–Kier alpha value is -2.12. The first-order valence-electron chi connectivity index (χ1n) is 8.14. The number of rotatable bonds is 6. The lowest BCUT2D eigenvalue weighted by molar-refractivity contribution is -0.116. The quantitative estimate of drug-likeness (QED) is 0.512. The Morgan fingerprint density at radius 2 is 1.92 bits per heavy atom. The van der Waals surface area contributed by atoms with Gasteiger partial charge in [0, 0.05) is 21.8 Å². The molecule has 0 unspecified atom stereocenters. The molecule has 0 bridgehead atoms. The zero-order chi connectivity index (χ0) is 18.5. The van der Waals surface area contributed by atoms with E-state index in [0.29, 0.717) is 11.1 Å². The van der Waals surface area contributed by atoms with Gasteiger partial charge in [-0.05, 0) is 44.2 Å². The fourth-order valence-corrected chi connectivity index (χ4v) is 3.54. The Morgan fingerprint density at radius 1 is 1.15 bits per heavy atom. The van der Waals surface area contributed by atoms with Crippen LogP contribution >= 0.6 is 27.7 Å². The standard InChI is InChI=1S/C19H18BrN3O2S/c1-13(2)23(16-9-4-3-5-10-16)17(24)12-26-19-22-21-18(25-19)14-7-6-8-15(20)11-14/h3-11,13H,12H2,1-2H3. The number of halogens is 1. The van der Waals surface area contributed by atoms with Gasteiger partial charge in [0.05, 0.1) is 5.75 Å². The van der Waals surface area contributed by atoms with Crippen molar-refractivity contribution >= 4 is 39.3 Å². The minimum Gasteiger partial charge on any atom is -0.411 e. The molecule has 26 heavy (non-hydrogen) atoms. The highest BCUT2D eigenvalue weighted by atomic mass is 79.9. The van der Waals surface area contributed by atoms with Crippen LogP contribution in [-0.2, 0) is 4.79 Å². The van der Waals surface area contributed by atoms with Crippen molar-refractivity contribution in [3.05, 3.63) is 59.1 Å². The van der Waals surface area contributed by atoms with E-state index in [-0.39, 0.29) is 17.7 Å². The van der Waals surface area contributed by atoms with Crippen molar-refractivity contribution in [2.45, 2.75) is 25.1 Å². The average molecular weight is 432 g/mol. The summed E-state index contributed by atoms with van der Waals surface area (Å²) in [5, 5.41) is 8.47. The maximum absolute atomic E-state index is 12.7. The summed E-state index contributed by atoms with van der Waals surface area (Å²) in [6, 6.07) is 17.3. The van der Waals surface area contributed by atoms with Crippen LogP contribution in [-0.4, -0.2) is 27.9 Å². The summed E-state index contributed by atoms with van der Waals surface area (Å²) in [7, 11) is 0. The average Bonchev–Trinajstić information content (AvgIpc) is 3.10. The highest BCUT2D eigenvalue weighted by Gasteiger charge is 2.20. The van der Waals surface area contributed by atoms with Gasteiger partial charge < -0.3 is 9.32 Å². The van der Waals surface area contributed by atoms with Crippen molar-refractivity contribution in [3.63, 3.8) is 0 Å². The summed E-state index contributed by atoms with van der Waals surface area (Å²) in [6.45, 7) is 3.99. The van der Waals surface area contributed by atoms with Gasteiger partial charge in [-0.1, -0.05) is 52.0 Å². The number of hydrogen-bond acceptors (Lipinski definition) is 5. The molecule has 0 aliphatic carbocycles. The first-order valence-corrected chi connectivity index (χ1v) is 9.92. The lowest BCUT2D eigenvalue weighted by atomic mass is 10.2. The van der Waals surface area contributed by atoms with E-state index in [1.54, 1.807) is 4.90 Å². The molecule has 1 heterocycles. The maximum atomic E-state index is 12.7. The Bertz CT molecular complexity index is 883. The summed E-state index contributed by atoms with van der Waals surface area (Å²) in [5.41, 5.74) is 1.71. The van der Waals surface area contributed by atoms with Gasteiger partial charge in [0.25, 0.3) is 5.22 Å². The first-order chi connectivity index (χ1) is 12.5. The first kappa shape index (κ1) is 18.7. The summed E-state index contributed by atoms with van der Waals surface area (Å²) in [4.78, 5) is 14.5. The number of para-hydroxylation sites is 1. The Morgan fingerprint density at radius 3 is 2.62 bits per heavy atom. The molecule has 3 rings (SSSR count). The summed E-state index contributed by atoms with van der Waals surface area (Å²) in [5.74, 6) is 0.663. The molecule has 0 aliphatic rings. The maximum Gasteiger partial charge on any atom is 0.277 e. The normalized spacial score (nSPS) is 10.9. The Kier molecular flexibility index (Phi) is 6.11. The van der Waals surface area contributed by atoms with Crippen LogP contribution in [0.5, 0.6) is 0 Å². The molecule has 1 aromatic heterocycles. The zero-order valence-corrected chi connectivity index (χ0v) is 16.8. The van der Waals surface area contributed by atoms with E-state index < -0.39 is 0 Å². The van der Waals surface area contributed by atoms with E-state index in [2.05, 4.69) is 26.1 Å². The van der Waals surface area contributed by atoms with Crippen LogP contribution in [0, 0.1) is 0 Å². The highest BCUT2D eigenvalue weighted by molar-refractivity contribution is 9.10. The summed E-state index contributed by atoms with van der Waals surface area (Å²) < 4.78 is 6.61. The van der Waals surface area contributed by atoms with Crippen LogP contribution in [0.2, 0.25) is 0 Å². The van der Waals surface area contributed by atoms with E-state index >= 15 is 0 Å². The van der Waals surface area contributed by atoms with Gasteiger partial charge in [0.2, 0.25) is 11.8 Å². The van der Waals surface area contributed by atoms with Crippen molar-refractivity contribution < 1.29 is 9.21 Å². The van der Waals surface area contributed by atoms with Gasteiger partial charge in [0.1, 0.15) is 0 Å². The highest BCUT2D eigenvalue weighted by Crippen LogP contribution is 2.26. The topological polar surface area (TPSA) is 59.2 Å². The molecular formula is C19H18BrN3O2S. The molecule has 0 saturated carbocycles. The monoisotopic (exact) mass is 431 g/mol. The van der Waals surface area contributed by atoms with Crippen molar-refractivity contribution in [1.29, 1.82) is 0 Å². The van der Waals surface area contributed by atoms with Crippen molar-refractivity contribution in [3.8, 4) is 11.5 Å². The Labute approximate surface area is 164 Å². The number of nitrogens with zero attached hydrogens (tertiary/aromatic N) is 3. The second kappa shape index (κ2) is 8.51. The third kappa shape index (κ3) is 4.53. The second-order valence-corrected chi connectivity index (χ2v) is 7.71. The van der Waals surface area contributed by atoms with Crippen LogP contribution in [0.4, 0.5) is 5.69 Å². The molecule has 0 fully saturated rings. The van der Waals surface area contributed by atoms with Gasteiger partial charge in [0.15, 0.2) is 0 Å². The van der Waals surface area contributed by atoms with E-state index in [9.17, 15) is 4.79 Å². The molecule has 3 aromatic rings. The molecule has 0 N–H and O–H groups in total. The molecule has 134 valence electrons. The number of carbonyl (C=O) groups excluding carboxylic acids is 1. The molecule has 0 atom stereocenters. The molecule has 0 spiro atoms. The van der Waals surface area contributed by atoms with E-state index in [1.807, 2.05) is 68.4 Å². The molecule has 0 radical (unpaired) electrons. The summed E-state index contributed by atoms with van der Waals surface area (Å²) >= 11 is 4.67. The third-order valence-corrected chi connectivity index (χ3v) is 4.91. The minimum absolute atomic E-state index is 0.00148. The van der Waals surface area contributed by atoms with Crippen LogP contribution in [0.25, 0.3) is 11.5 Å². The second-order valence-electron chi connectivity index (χ2n) is 5.87. The van der Waals surface area contributed by atoms with E-state index in [1.165, 1.54) is 11.8 Å². The number of anilines is 1. The van der Waals surface area contributed by atoms with Crippen molar-refractivity contribution in [2.75, 3.05) is 10.7 Å². The molecule has 5 nitrogen and oxygen atoms in total. The van der Waals surface area contributed by atoms with Crippen LogP contribution in [0.15, 0.2) is 68.7 Å². The summed E-state index contributed by atoms with van der Waals surface area (Å²) in [6.07, 6.45) is 0. The van der Waals surface area contributed by atoms with Gasteiger partial charge in [-0.15, -0.1) is 10.2 Å². The van der Waals surface area contributed by atoms with Gasteiger partial charge in [-0.2, -0.15) is 0 Å². The smallest absolute Gasteiger partial charge is 0.277 e. The molecule has 2 aromatic carbocycles. The van der Waals surface area contributed by atoms with Crippen molar-refractivity contribution in [1.82, 2.24) is 10.2 Å². The van der Waals surface area contributed by atoms with Gasteiger partial charge in [-0.25, -0.2) is 0 Å². The zero-order valence-electron chi connectivity index (χ0n) is 14.4. The van der Waals surface area contributed by atoms with Crippen LogP contribution < -0.4 is 4.90 Å². The molecule has 1 amide bonds. The van der Waals surface area contributed by atoms with Crippen LogP contribution in [0.1, 0.15) is 13.8 Å². The molecular weight excluding hydrogens is 414 g/mol. The van der Waals surface area contributed by atoms with Crippen LogP contribution in [0.3, 0.4) is 0 Å². The Balaban J connectivity index is 1.68. The van der Waals surface area contributed by atoms with E-state index in [4.69, 9.17) is 4.42 Å². The van der Waals surface area contributed by atoms with Gasteiger partial charge in [-0.3, -0.25) is 4.79 Å². The number of hydrogen-bond donors (Lipinski definition) is 0. The predicted octanol–water partition coefficient (Wildman–Crippen LogP) is 5.03. The fourth-order valence-electron chi connectivity index (χ4n) is 2.52. The molecule has 0 aliphatic heterocycles. The number of benzene rings is 2. The number of thioether (sulfide) groups is 1. The molecule has 0 saturated heterocycles. The van der Waals surface area contributed by atoms with Gasteiger partial charge >= 0.3 is 0 Å². The largest absolute Gasteiger partial charge is 0.411 e. The number of carbonyl (C=O) groups is 1. The number of aromatic nitrogens is 2. The SMILES string of the molecule is CC(C)N(C(=O)CSc1nnc(-c2cccc(Br)c2)o1)c1ccccc1. The molecule has 7 heteroatoms. The van der Waals surface area contributed by atoms with E-state index in [0.717, 1.165) is 15.7 Å². The fraction of sp³-hybridized carbons (Fsp3) is 0.211. The third-order valence-electron chi connectivity index (χ3n) is 3.62. The minimum atomic E-state index is -0.00148. The lowest BCUT2D eigenvalue weighted by Gasteiger charge is -2.26. The predicted molar refractivity (Wildman–Crippen MR) is 107 cm³/mol. The lowest BCUT2D eigenvalue weighted by Crippen LogP contribution is -2.38. The number of amides is 1.